The number of piperidine rings is 1. The van der Waals surface area contributed by atoms with Gasteiger partial charge in [0.1, 0.15) is 5.75 Å². The van der Waals surface area contributed by atoms with Gasteiger partial charge in [-0.15, -0.1) is 6.58 Å². The molecule has 0 aliphatic carbocycles. The first-order valence-corrected chi connectivity index (χ1v) is 9.74. The maximum atomic E-state index is 13.0. The molecule has 6 heteroatoms. The van der Waals surface area contributed by atoms with Gasteiger partial charge in [-0.25, -0.2) is 0 Å². The first kappa shape index (κ1) is 19.9. The number of carbonyl (C=O) groups is 1. The van der Waals surface area contributed by atoms with E-state index in [0.29, 0.717) is 26.1 Å². The summed E-state index contributed by atoms with van der Waals surface area (Å²) in [5.74, 6) is 0.634. The Balaban J connectivity index is 1.60. The standard InChI is InChI=1S/C21H31N3O3/c1-3-9-22-11-13-23(14-12-22)17-21(26)8-5-10-24(20(21)25)16-18-6-4-7-19(15-18)27-2/h3-4,6-7,15,26H,1,5,8-14,16-17H2,2H3/t21-/m1/s1. The number of amides is 1. The van der Waals surface area contributed by atoms with Crippen LogP contribution in [0.2, 0.25) is 0 Å². The molecule has 6 nitrogen and oxygen atoms in total. The zero-order valence-electron chi connectivity index (χ0n) is 16.3. The lowest BCUT2D eigenvalue weighted by atomic mass is 9.90. The largest absolute Gasteiger partial charge is 0.497 e. The fraction of sp³-hybridized carbons (Fsp3) is 0.571. The number of likely N-dealkylation sites (tertiary alicyclic amines) is 1. The minimum atomic E-state index is -1.28. The molecule has 2 heterocycles. The minimum Gasteiger partial charge on any atom is -0.497 e. The molecule has 0 bridgehead atoms. The van der Waals surface area contributed by atoms with Crippen LogP contribution in [-0.2, 0) is 11.3 Å². The van der Waals surface area contributed by atoms with Gasteiger partial charge in [0, 0.05) is 52.4 Å². The highest BCUT2D eigenvalue weighted by atomic mass is 16.5. The maximum absolute atomic E-state index is 13.0. The van der Waals surface area contributed by atoms with Crippen LogP contribution in [0.15, 0.2) is 36.9 Å². The number of nitrogens with zero attached hydrogens (tertiary/aromatic N) is 3. The van der Waals surface area contributed by atoms with Gasteiger partial charge in [0.2, 0.25) is 0 Å². The van der Waals surface area contributed by atoms with Crippen molar-refractivity contribution in [3.05, 3.63) is 42.5 Å². The molecule has 1 N–H and O–H groups in total. The summed E-state index contributed by atoms with van der Waals surface area (Å²) >= 11 is 0. The fourth-order valence-electron chi connectivity index (χ4n) is 4.04. The average Bonchev–Trinajstić information content (AvgIpc) is 2.68. The van der Waals surface area contributed by atoms with E-state index in [4.69, 9.17) is 4.74 Å². The second-order valence-electron chi connectivity index (χ2n) is 7.58. The minimum absolute atomic E-state index is 0.148. The highest BCUT2D eigenvalue weighted by molar-refractivity contribution is 5.86. The van der Waals surface area contributed by atoms with Crippen LogP contribution in [0.4, 0.5) is 0 Å². The zero-order valence-corrected chi connectivity index (χ0v) is 16.3. The lowest BCUT2D eigenvalue weighted by Crippen LogP contribution is -2.60. The van der Waals surface area contributed by atoms with Crippen molar-refractivity contribution in [2.24, 2.45) is 0 Å². The number of aliphatic hydroxyl groups is 1. The van der Waals surface area contributed by atoms with Crippen LogP contribution in [0.5, 0.6) is 5.75 Å². The number of benzene rings is 1. The molecular formula is C21H31N3O3. The molecule has 148 valence electrons. The SMILES string of the molecule is C=CCN1CCN(C[C@]2(O)CCCN(Cc3cccc(OC)c3)C2=O)CC1. The average molecular weight is 373 g/mol. The quantitative estimate of drug-likeness (QED) is 0.732. The van der Waals surface area contributed by atoms with Crippen molar-refractivity contribution in [2.45, 2.75) is 25.0 Å². The van der Waals surface area contributed by atoms with Crippen molar-refractivity contribution >= 4 is 5.91 Å². The topological polar surface area (TPSA) is 56.3 Å². The van der Waals surface area contributed by atoms with Crippen LogP contribution < -0.4 is 4.74 Å². The molecule has 2 fully saturated rings. The Labute approximate surface area is 162 Å². The van der Waals surface area contributed by atoms with E-state index >= 15 is 0 Å². The van der Waals surface area contributed by atoms with Crippen LogP contribution >= 0.6 is 0 Å². The molecule has 2 aliphatic rings. The number of carbonyl (C=O) groups excluding carboxylic acids is 1. The Hall–Kier alpha value is -1.89. The van der Waals surface area contributed by atoms with Gasteiger partial charge in [-0.3, -0.25) is 14.6 Å². The molecule has 1 atom stereocenters. The highest BCUT2D eigenvalue weighted by Gasteiger charge is 2.43. The second kappa shape index (κ2) is 8.87. The molecule has 0 spiro atoms. The molecule has 3 rings (SSSR count). The maximum Gasteiger partial charge on any atom is 0.256 e. The van der Waals surface area contributed by atoms with Crippen LogP contribution in [0.1, 0.15) is 18.4 Å². The Morgan fingerprint density at radius 2 is 1.96 bits per heavy atom. The summed E-state index contributed by atoms with van der Waals surface area (Å²) in [6, 6.07) is 7.75. The Bertz CT molecular complexity index is 658. The normalized spacial score (nSPS) is 24.8. The summed E-state index contributed by atoms with van der Waals surface area (Å²) < 4.78 is 5.27. The molecule has 1 aromatic carbocycles. The summed E-state index contributed by atoms with van der Waals surface area (Å²) in [6.45, 7) is 9.94. The Kier molecular flexibility index (Phi) is 6.52. The predicted octanol–water partition coefficient (Wildman–Crippen LogP) is 1.35. The van der Waals surface area contributed by atoms with Crippen molar-refractivity contribution < 1.29 is 14.6 Å². The van der Waals surface area contributed by atoms with Crippen molar-refractivity contribution in [1.29, 1.82) is 0 Å². The molecule has 1 amide bonds. The van der Waals surface area contributed by atoms with Gasteiger partial charge in [0.25, 0.3) is 5.91 Å². The predicted molar refractivity (Wildman–Crippen MR) is 106 cm³/mol. The summed E-state index contributed by atoms with van der Waals surface area (Å²) in [4.78, 5) is 19.4. The van der Waals surface area contributed by atoms with E-state index in [0.717, 1.165) is 50.5 Å². The van der Waals surface area contributed by atoms with Crippen molar-refractivity contribution in [3.8, 4) is 5.75 Å². The van der Waals surface area contributed by atoms with Gasteiger partial charge in [-0.05, 0) is 30.5 Å². The highest BCUT2D eigenvalue weighted by Crippen LogP contribution is 2.26. The van der Waals surface area contributed by atoms with E-state index in [-0.39, 0.29) is 5.91 Å². The molecule has 0 radical (unpaired) electrons. The van der Waals surface area contributed by atoms with Gasteiger partial charge in [-0.2, -0.15) is 0 Å². The van der Waals surface area contributed by atoms with E-state index in [9.17, 15) is 9.90 Å². The first-order chi connectivity index (χ1) is 13.0. The van der Waals surface area contributed by atoms with E-state index < -0.39 is 5.60 Å². The van der Waals surface area contributed by atoms with Gasteiger partial charge in [0.05, 0.1) is 7.11 Å². The molecular weight excluding hydrogens is 342 g/mol. The number of hydrogen-bond acceptors (Lipinski definition) is 5. The number of rotatable bonds is 7. The van der Waals surface area contributed by atoms with Crippen LogP contribution in [0.25, 0.3) is 0 Å². The Morgan fingerprint density at radius 3 is 2.67 bits per heavy atom. The molecule has 0 saturated carbocycles. The van der Waals surface area contributed by atoms with Crippen molar-refractivity contribution in [3.63, 3.8) is 0 Å². The van der Waals surface area contributed by atoms with Gasteiger partial charge >= 0.3 is 0 Å². The van der Waals surface area contributed by atoms with E-state index in [1.165, 1.54) is 0 Å². The van der Waals surface area contributed by atoms with Crippen LogP contribution in [0.3, 0.4) is 0 Å². The lowest BCUT2D eigenvalue weighted by Gasteiger charge is -2.43. The molecule has 1 aromatic rings. The van der Waals surface area contributed by atoms with Gasteiger partial charge in [-0.1, -0.05) is 18.2 Å². The summed E-state index contributed by atoms with van der Waals surface area (Å²) in [6.07, 6.45) is 3.28. The van der Waals surface area contributed by atoms with Crippen LogP contribution in [0, 0.1) is 0 Å². The van der Waals surface area contributed by atoms with Crippen molar-refractivity contribution in [2.75, 3.05) is 52.9 Å². The molecule has 2 saturated heterocycles. The zero-order chi connectivity index (χ0) is 19.3. The summed E-state index contributed by atoms with van der Waals surface area (Å²) in [7, 11) is 1.64. The first-order valence-electron chi connectivity index (χ1n) is 9.74. The van der Waals surface area contributed by atoms with Crippen molar-refractivity contribution in [1.82, 2.24) is 14.7 Å². The molecule has 0 unspecified atom stereocenters. The number of piperazine rings is 1. The van der Waals surface area contributed by atoms with Crippen LogP contribution in [-0.4, -0.2) is 84.2 Å². The number of methoxy groups -OCH3 is 1. The third-order valence-electron chi connectivity index (χ3n) is 5.55. The van der Waals surface area contributed by atoms with E-state index in [1.54, 1.807) is 12.0 Å². The van der Waals surface area contributed by atoms with Gasteiger partial charge in [0.15, 0.2) is 5.60 Å². The van der Waals surface area contributed by atoms with Gasteiger partial charge < -0.3 is 14.7 Å². The fourth-order valence-corrected chi connectivity index (χ4v) is 4.04. The Morgan fingerprint density at radius 1 is 1.22 bits per heavy atom. The number of ether oxygens (including phenoxy) is 1. The van der Waals surface area contributed by atoms with E-state index in [1.807, 2.05) is 30.3 Å². The number of β-amino-alcohol motifs (C(OH)–C–C–N with tert-alkyl or cyclic N) is 1. The molecule has 27 heavy (non-hydrogen) atoms. The third kappa shape index (κ3) is 4.89. The summed E-state index contributed by atoms with van der Waals surface area (Å²) in [5.41, 5.74) is -0.262. The summed E-state index contributed by atoms with van der Waals surface area (Å²) in [5, 5.41) is 11.1. The van der Waals surface area contributed by atoms with E-state index in [2.05, 4.69) is 16.4 Å². The molecule has 0 aromatic heterocycles. The smallest absolute Gasteiger partial charge is 0.256 e. The lowest BCUT2D eigenvalue weighted by molar-refractivity contribution is -0.160. The number of hydrogen-bond donors (Lipinski definition) is 1. The third-order valence-corrected chi connectivity index (χ3v) is 5.55. The second-order valence-corrected chi connectivity index (χ2v) is 7.58. The monoisotopic (exact) mass is 373 g/mol. The molecule has 2 aliphatic heterocycles.